The predicted octanol–water partition coefficient (Wildman–Crippen LogP) is 5.79. The molecule has 1 aromatic rings. The Kier molecular flexibility index (Phi) is 13.3. The summed E-state index contributed by atoms with van der Waals surface area (Å²) in [6.07, 6.45) is 21.9. The average molecular weight is 478 g/mol. The van der Waals surface area contributed by atoms with Crippen molar-refractivity contribution in [2.75, 3.05) is 13.1 Å². The van der Waals surface area contributed by atoms with Gasteiger partial charge in [-0.25, -0.2) is 0 Å². The number of amides is 1. The van der Waals surface area contributed by atoms with Crippen molar-refractivity contribution in [1.29, 1.82) is 0 Å². The summed E-state index contributed by atoms with van der Waals surface area (Å²) in [5.41, 5.74) is 11.4. The van der Waals surface area contributed by atoms with Crippen LogP contribution in [0.15, 0.2) is 65.4 Å². The highest BCUT2D eigenvalue weighted by Crippen LogP contribution is 2.35. The van der Waals surface area contributed by atoms with Crippen molar-refractivity contribution < 1.29 is 9.63 Å². The van der Waals surface area contributed by atoms with E-state index in [4.69, 9.17) is 16.5 Å². The first-order valence-corrected chi connectivity index (χ1v) is 12.4. The Morgan fingerprint density at radius 3 is 2.60 bits per heavy atom. The van der Waals surface area contributed by atoms with Crippen molar-refractivity contribution in [2.45, 2.75) is 66.2 Å². The largest absolute Gasteiger partial charge is 0.412 e. The van der Waals surface area contributed by atoms with Crippen LogP contribution in [0.1, 0.15) is 70.9 Å². The fourth-order valence-corrected chi connectivity index (χ4v) is 4.22. The summed E-state index contributed by atoms with van der Waals surface area (Å²) >= 11 is 0. The fraction of sp³-hybridized carbons (Fsp3) is 0.433. The van der Waals surface area contributed by atoms with Crippen LogP contribution in [0.2, 0.25) is 0 Å². The second-order valence-electron chi connectivity index (χ2n) is 9.10. The Hall–Kier alpha value is -3.23. The van der Waals surface area contributed by atoms with Gasteiger partial charge in [-0.05, 0) is 80.4 Å². The van der Waals surface area contributed by atoms with Gasteiger partial charge in [0.15, 0.2) is 0 Å². The first-order chi connectivity index (χ1) is 16.8. The number of hydrogen-bond donors (Lipinski definition) is 2. The van der Waals surface area contributed by atoms with E-state index < -0.39 is 0 Å². The number of nitrogens with two attached hydrogens (primary N) is 2. The quantitative estimate of drug-likeness (QED) is 0.254. The molecule has 0 aromatic heterocycles. The van der Waals surface area contributed by atoms with Crippen LogP contribution in [0.5, 0.6) is 5.75 Å². The first kappa shape index (κ1) is 29.8. The number of benzene rings is 1. The van der Waals surface area contributed by atoms with Crippen molar-refractivity contribution in [2.24, 2.45) is 17.5 Å². The summed E-state index contributed by atoms with van der Waals surface area (Å²) in [4.78, 5) is 20.7. The van der Waals surface area contributed by atoms with Crippen molar-refractivity contribution in [3.63, 3.8) is 0 Å². The molecule has 0 fully saturated rings. The molecule has 5 nitrogen and oxygen atoms in total. The Balaban J connectivity index is 0.00000298. The molecule has 4 N–H and O–H groups in total. The number of terminal acetylenes is 1. The molecule has 0 saturated heterocycles. The van der Waals surface area contributed by atoms with E-state index in [0.29, 0.717) is 24.8 Å². The predicted molar refractivity (Wildman–Crippen MR) is 147 cm³/mol. The van der Waals surface area contributed by atoms with E-state index in [1.165, 1.54) is 11.1 Å². The van der Waals surface area contributed by atoms with Crippen molar-refractivity contribution in [3.05, 3.63) is 76.5 Å². The SMILES string of the molecule is C#C.C/C=C(\C=C/CN(C/C(C)=C/C=C(\N)CC)C(=O)C1CCCc2ccc(ON)cc21)C(C)C. The molecule has 1 amide bonds. The second-order valence-corrected chi connectivity index (χ2v) is 9.10. The molecule has 0 aliphatic heterocycles. The molecule has 0 bridgehead atoms. The lowest BCUT2D eigenvalue weighted by molar-refractivity contribution is -0.132. The van der Waals surface area contributed by atoms with Crippen LogP contribution in [0.3, 0.4) is 0 Å². The molecule has 1 aliphatic carbocycles. The maximum atomic E-state index is 13.8. The molecule has 5 heteroatoms. The fourth-order valence-electron chi connectivity index (χ4n) is 4.22. The Morgan fingerprint density at radius 2 is 2.00 bits per heavy atom. The molecule has 1 atom stereocenters. The summed E-state index contributed by atoms with van der Waals surface area (Å²) in [7, 11) is 0. The number of carbonyl (C=O) groups excluding carboxylic acids is 1. The third-order valence-electron chi connectivity index (χ3n) is 6.24. The van der Waals surface area contributed by atoms with Crippen molar-refractivity contribution >= 4 is 5.91 Å². The van der Waals surface area contributed by atoms with E-state index in [0.717, 1.165) is 42.5 Å². The van der Waals surface area contributed by atoms with Gasteiger partial charge in [0.1, 0.15) is 5.75 Å². The highest BCUT2D eigenvalue weighted by molar-refractivity contribution is 5.85. The third-order valence-corrected chi connectivity index (χ3v) is 6.24. The highest BCUT2D eigenvalue weighted by atomic mass is 16.6. The van der Waals surface area contributed by atoms with E-state index in [1.807, 2.05) is 49.1 Å². The Bertz CT molecular complexity index is 967. The normalized spacial score (nSPS) is 16.5. The van der Waals surface area contributed by atoms with Crippen LogP contribution in [-0.4, -0.2) is 23.9 Å². The van der Waals surface area contributed by atoms with Crippen LogP contribution in [0.4, 0.5) is 0 Å². The van der Waals surface area contributed by atoms with Gasteiger partial charge in [0.25, 0.3) is 0 Å². The van der Waals surface area contributed by atoms with Gasteiger partial charge in [-0.15, -0.1) is 12.8 Å². The average Bonchev–Trinajstić information content (AvgIpc) is 2.88. The van der Waals surface area contributed by atoms with Gasteiger partial charge in [0, 0.05) is 18.8 Å². The van der Waals surface area contributed by atoms with E-state index in [2.05, 4.69) is 51.8 Å². The summed E-state index contributed by atoms with van der Waals surface area (Å²) in [5.74, 6) is 6.38. The molecule has 0 spiro atoms. The van der Waals surface area contributed by atoms with Crippen LogP contribution in [0, 0.1) is 18.8 Å². The van der Waals surface area contributed by atoms with Gasteiger partial charge >= 0.3 is 0 Å². The zero-order chi connectivity index (χ0) is 26.4. The van der Waals surface area contributed by atoms with Gasteiger partial charge in [0.2, 0.25) is 5.91 Å². The lowest BCUT2D eigenvalue weighted by Crippen LogP contribution is -2.37. The number of fused-ring (bicyclic) bond motifs is 1. The molecule has 0 heterocycles. The summed E-state index contributed by atoms with van der Waals surface area (Å²) in [6, 6.07) is 5.83. The van der Waals surface area contributed by atoms with Crippen molar-refractivity contribution in [1.82, 2.24) is 4.90 Å². The standard InChI is InChI=1S/C28H41N3O2.C2H2/c1-6-22(20(3)4)11-9-17-31(19-21(5)13-15-24(29)7-2)28(32)26-12-8-10-23-14-16-25(33-30)18-27(23)26;1-2/h6,9,11,13-16,18,20,26H,7-8,10,12,17,19,29-30H2,1-5H3;1-2H/b11-9-,21-13+,22-6+,24-15-;. The van der Waals surface area contributed by atoms with Gasteiger partial charge in [-0.3, -0.25) is 4.79 Å². The van der Waals surface area contributed by atoms with E-state index in [1.54, 1.807) is 0 Å². The minimum atomic E-state index is -0.187. The summed E-state index contributed by atoms with van der Waals surface area (Å²) in [6.45, 7) is 11.6. The van der Waals surface area contributed by atoms with Crippen LogP contribution in [0.25, 0.3) is 0 Å². The lowest BCUT2D eigenvalue weighted by atomic mass is 9.81. The number of nitrogens with zero attached hydrogens (tertiary/aromatic N) is 1. The second kappa shape index (κ2) is 15.6. The molecule has 1 aliphatic rings. The molecular formula is C30H43N3O2. The summed E-state index contributed by atoms with van der Waals surface area (Å²) in [5, 5.41) is 0. The maximum Gasteiger partial charge on any atom is 0.230 e. The number of allylic oxidation sites excluding steroid dienone is 6. The van der Waals surface area contributed by atoms with E-state index in [9.17, 15) is 4.79 Å². The minimum Gasteiger partial charge on any atom is -0.412 e. The molecule has 2 rings (SSSR count). The smallest absolute Gasteiger partial charge is 0.230 e. The van der Waals surface area contributed by atoms with Crippen LogP contribution >= 0.6 is 0 Å². The van der Waals surface area contributed by atoms with Crippen molar-refractivity contribution in [3.8, 4) is 18.6 Å². The molecule has 190 valence electrons. The molecule has 1 unspecified atom stereocenters. The number of rotatable bonds is 10. The minimum absolute atomic E-state index is 0.140. The number of aryl methyl sites for hydroxylation is 1. The Labute approximate surface area is 212 Å². The van der Waals surface area contributed by atoms with Crippen LogP contribution in [-0.2, 0) is 11.2 Å². The van der Waals surface area contributed by atoms with Gasteiger partial charge in [-0.2, -0.15) is 5.90 Å². The molecule has 35 heavy (non-hydrogen) atoms. The lowest BCUT2D eigenvalue weighted by Gasteiger charge is -2.31. The number of carbonyl (C=O) groups is 1. The Morgan fingerprint density at radius 1 is 1.29 bits per heavy atom. The first-order valence-electron chi connectivity index (χ1n) is 12.4. The molecule has 0 radical (unpaired) electrons. The van der Waals surface area contributed by atoms with Gasteiger partial charge in [-0.1, -0.05) is 56.7 Å². The third kappa shape index (κ3) is 9.15. The molecule has 1 aromatic carbocycles. The summed E-state index contributed by atoms with van der Waals surface area (Å²) < 4.78 is 0. The van der Waals surface area contributed by atoms with E-state index in [-0.39, 0.29) is 11.8 Å². The zero-order valence-electron chi connectivity index (χ0n) is 22.1. The topological polar surface area (TPSA) is 81.6 Å². The number of hydrogen-bond acceptors (Lipinski definition) is 4. The van der Waals surface area contributed by atoms with E-state index >= 15 is 0 Å². The molecule has 0 saturated carbocycles. The zero-order valence-corrected chi connectivity index (χ0v) is 22.1. The van der Waals surface area contributed by atoms with Crippen LogP contribution < -0.4 is 16.5 Å². The highest BCUT2D eigenvalue weighted by Gasteiger charge is 2.30. The monoisotopic (exact) mass is 477 g/mol. The molecular weight excluding hydrogens is 434 g/mol. The van der Waals surface area contributed by atoms with Gasteiger partial charge < -0.3 is 15.5 Å². The van der Waals surface area contributed by atoms with Gasteiger partial charge in [0.05, 0.1) is 5.92 Å². The maximum absolute atomic E-state index is 13.8.